The minimum Gasteiger partial charge on any atom is -0.497 e. The average Bonchev–Trinajstić information content (AvgIpc) is 3.22. The number of rotatable bonds is 5. The fourth-order valence-electron chi connectivity index (χ4n) is 4.36. The molecule has 1 aliphatic heterocycles. The van der Waals surface area contributed by atoms with E-state index in [1.165, 1.54) is 16.5 Å². The molecule has 1 fully saturated rings. The Morgan fingerprint density at radius 2 is 1.90 bits per heavy atom. The van der Waals surface area contributed by atoms with Gasteiger partial charge >= 0.3 is 6.03 Å². The number of nitrogens with zero attached hydrogens (tertiary/aromatic N) is 1. The zero-order valence-electron chi connectivity index (χ0n) is 17.8. The van der Waals surface area contributed by atoms with Crippen LogP contribution in [0.4, 0.5) is 4.79 Å². The number of nitrogens with one attached hydrogen (secondary N) is 2. The van der Waals surface area contributed by atoms with E-state index in [0.717, 1.165) is 43.0 Å². The van der Waals surface area contributed by atoms with Gasteiger partial charge in [0.15, 0.2) is 0 Å². The number of benzene rings is 2. The van der Waals surface area contributed by atoms with Crippen LogP contribution in [-0.2, 0) is 0 Å². The lowest BCUT2D eigenvalue weighted by molar-refractivity contribution is 0.178. The van der Waals surface area contributed by atoms with Crippen LogP contribution in [0.3, 0.4) is 0 Å². The maximum Gasteiger partial charge on any atom is 0.317 e. The van der Waals surface area contributed by atoms with Crippen molar-refractivity contribution in [2.45, 2.75) is 31.7 Å². The number of ether oxygens (including phenoxy) is 2. The van der Waals surface area contributed by atoms with E-state index in [1.807, 2.05) is 36.1 Å². The second-order valence-electron chi connectivity index (χ2n) is 7.83. The number of aromatic nitrogens is 1. The molecular formula is C24H29N3O3. The molecule has 0 bridgehead atoms. The van der Waals surface area contributed by atoms with Crippen molar-refractivity contribution in [3.05, 3.63) is 59.8 Å². The SMILES string of the molecule is COc1ccc(OC)c(C(C)NC(=O)N2CCC(c3c[nH]c4ccccc34)CC2)c1. The van der Waals surface area contributed by atoms with Crippen LogP contribution >= 0.6 is 0 Å². The van der Waals surface area contributed by atoms with E-state index in [4.69, 9.17) is 9.47 Å². The lowest BCUT2D eigenvalue weighted by atomic mass is 9.89. The monoisotopic (exact) mass is 407 g/mol. The molecule has 3 aromatic rings. The molecule has 1 aromatic heterocycles. The molecule has 30 heavy (non-hydrogen) atoms. The molecule has 0 aliphatic carbocycles. The number of carbonyl (C=O) groups excluding carboxylic acids is 1. The second kappa shape index (κ2) is 8.69. The van der Waals surface area contributed by atoms with Gasteiger partial charge in [-0.15, -0.1) is 0 Å². The molecule has 1 aliphatic rings. The second-order valence-corrected chi connectivity index (χ2v) is 7.83. The van der Waals surface area contributed by atoms with Crippen molar-refractivity contribution in [3.63, 3.8) is 0 Å². The molecule has 2 aromatic carbocycles. The number of carbonyl (C=O) groups is 1. The normalized spacial score (nSPS) is 15.8. The van der Waals surface area contributed by atoms with Gasteiger partial charge in [0.1, 0.15) is 11.5 Å². The van der Waals surface area contributed by atoms with Gasteiger partial charge in [0.25, 0.3) is 0 Å². The van der Waals surface area contributed by atoms with Crippen LogP contribution in [-0.4, -0.2) is 43.2 Å². The van der Waals surface area contributed by atoms with E-state index < -0.39 is 0 Å². The van der Waals surface area contributed by atoms with Crippen molar-refractivity contribution < 1.29 is 14.3 Å². The lowest BCUT2D eigenvalue weighted by Gasteiger charge is -2.33. The summed E-state index contributed by atoms with van der Waals surface area (Å²) >= 11 is 0. The quantitative estimate of drug-likeness (QED) is 0.636. The zero-order chi connectivity index (χ0) is 21.1. The van der Waals surface area contributed by atoms with Gasteiger partial charge in [-0.2, -0.15) is 0 Å². The first-order valence-corrected chi connectivity index (χ1v) is 10.4. The number of H-pyrrole nitrogens is 1. The van der Waals surface area contributed by atoms with Crippen molar-refractivity contribution in [2.24, 2.45) is 0 Å². The fourth-order valence-corrected chi connectivity index (χ4v) is 4.36. The molecule has 2 heterocycles. The van der Waals surface area contributed by atoms with Gasteiger partial charge in [0, 0.05) is 35.8 Å². The van der Waals surface area contributed by atoms with Crippen LogP contribution in [0.25, 0.3) is 10.9 Å². The summed E-state index contributed by atoms with van der Waals surface area (Å²) in [4.78, 5) is 18.2. The average molecular weight is 408 g/mol. The number of hydrogen-bond donors (Lipinski definition) is 2. The first-order chi connectivity index (χ1) is 14.6. The number of urea groups is 1. The maximum absolute atomic E-state index is 12.9. The van der Waals surface area contributed by atoms with Crippen molar-refractivity contribution in [3.8, 4) is 11.5 Å². The van der Waals surface area contributed by atoms with E-state index in [9.17, 15) is 4.79 Å². The van der Waals surface area contributed by atoms with Crippen LogP contribution in [0.5, 0.6) is 11.5 Å². The summed E-state index contributed by atoms with van der Waals surface area (Å²) in [7, 11) is 3.27. The third-order valence-electron chi connectivity index (χ3n) is 6.09. The van der Waals surface area contributed by atoms with Crippen LogP contribution in [0, 0.1) is 0 Å². The van der Waals surface area contributed by atoms with Crippen molar-refractivity contribution in [1.29, 1.82) is 0 Å². The van der Waals surface area contributed by atoms with Crippen LogP contribution in [0.2, 0.25) is 0 Å². The fraction of sp³-hybridized carbons (Fsp3) is 0.375. The number of piperidine rings is 1. The number of methoxy groups -OCH3 is 2. The minimum absolute atomic E-state index is 0.0373. The Balaban J connectivity index is 1.39. The molecule has 1 atom stereocenters. The molecule has 6 heteroatoms. The van der Waals surface area contributed by atoms with Gasteiger partial charge in [-0.3, -0.25) is 0 Å². The Labute approximate surface area is 177 Å². The highest BCUT2D eigenvalue weighted by atomic mass is 16.5. The topological polar surface area (TPSA) is 66.6 Å². The molecule has 4 rings (SSSR count). The summed E-state index contributed by atoms with van der Waals surface area (Å²) in [6, 6.07) is 13.8. The number of hydrogen-bond acceptors (Lipinski definition) is 3. The number of likely N-dealkylation sites (tertiary alicyclic amines) is 1. The van der Waals surface area contributed by atoms with Gasteiger partial charge in [-0.05, 0) is 55.5 Å². The number of fused-ring (bicyclic) bond motifs is 1. The molecule has 0 radical (unpaired) electrons. The maximum atomic E-state index is 12.9. The Hall–Kier alpha value is -3.15. The van der Waals surface area contributed by atoms with Gasteiger partial charge in [0.2, 0.25) is 0 Å². The van der Waals surface area contributed by atoms with E-state index in [2.05, 4.69) is 34.7 Å². The highest BCUT2D eigenvalue weighted by Gasteiger charge is 2.26. The predicted octanol–water partition coefficient (Wildman–Crippen LogP) is 4.84. The molecule has 2 amide bonds. The molecule has 6 nitrogen and oxygen atoms in total. The standard InChI is InChI=1S/C24H29N3O3/c1-16(20-14-18(29-2)8-9-23(20)30-3)26-24(28)27-12-10-17(11-13-27)21-15-25-22-7-5-4-6-19(21)22/h4-9,14-17,25H,10-13H2,1-3H3,(H,26,28). The highest BCUT2D eigenvalue weighted by molar-refractivity contribution is 5.83. The van der Waals surface area contributed by atoms with E-state index >= 15 is 0 Å². The van der Waals surface area contributed by atoms with Crippen molar-refractivity contribution in [2.75, 3.05) is 27.3 Å². The molecule has 158 valence electrons. The van der Waals surface area contributed by atoms with Crippen LogP contribution < -0.4 is 14.8 Å². The molecule has 0 spiro atoms. The van der Waals surface area contributed by atoms with Gasteiger partial charge < -0.3 is 24.7 Å². The smallest absolute Gasteiger partial charge is 0.317 e. The van der Waals surface area contributed by atoms with E-state index in [-0.39, 0.29) is 12.1 Å². The number of para-hydroxylation sites is 1. The third-order valence-corrected chi connectivity index (χ3v) is 6.09. The molecule has 1 unspecified atom stereocenters. The summed E-state index contributed by atoms with van der Waals surface area (Å²) in [5, 5.41) is 4.41. The summed E-state index contributed by atoms with van der Waals surface area (Å²) in [6.07, 6.45) is 4.06. The van der Waals surface area contributed by atoms with Gasteiger partial charge in [-0.1, -0.05) is 18.2 Å². The van der Waals surface area contributed by atoms with Crippen molar-refractivity contribution >= 4 is 16.9 Å². The Morgan fingerprint density at radius 3 is 2.63 bits per heavy atom. The predicted molar refractivity (Wildman–Crippen MR) is 118 cm³/mol. The first-order valence-electron chi connectivity index (χ1n) is 10.4. The number of aromatic amines is 1. The highest BCUT2D eigenvalue weighted by Crippen LogP contribution is 2.33. The summed E-state index contributed by atoms with van der Waals surface area (Å²) in [6.45, 7) is 3.46. The Kier molecular flexibility index (Phi) is 5.84. The molecule has 1 saturated heterocycles. The Bertz CT molecular complexity index is 1020. The summed E-state index contributed by atoms with van der Waals surface area (Å²) < 4.78 is 10.8. The van der Waals surface area contributed by atoms with Crippen LogP contribution in [0.1, 0.15) is 42.9 Å². The third kappa shape index (κ3) is 3.95. The largest absolute Gasteiger partial charge is 0.497 e. The lowest BCUT2D eigenvalue weighted by Crippen LogP contribution is -2.44. The van der Waals surface area contributed by atoms with Crippen molar-refractivity contribution in [1.82, 2.24) is 15.2 Å². The van der Waals surface area contributed by atoms with E-state index in [1.54, 1.807) is 14.2 Å². The Morgan fingerprint density at radius 1 is 1.13 bits per heavy atom. The summed E-state index contributed by atoms with van der Waals surface area (Å²) in [5.74, 6) is 1.95. The van der Waals surface area contributed by atoms with Gasteiger partial charge in [0.05, 0.1) is 20.3 Å². The van der Waals surface area contributed by atoms with E-state index in [0.29, 0.717) is 5.92 Å². The zero-order valence-corrected chi connectivity index (χ0v) is 17.8. The molecular weight excluding hydrogens is 378 g/mol. The number of amides is 2. The minimum atomic E-state index is -0.186. The first kappa shape index (κ1) is 20.1. The summed E-state index contributed by atoms with van der Waals surface area (Å²) in [5.41, 5.74) is 3.44. The molecule has 2 N–H and O–H groups in total. The van der Waals surface area contributed by atoms with Crippen LogP contribution in [0.15, 0.2) is 48.7 Å². The molecule has 0 saturated carbocycles. The van der Waals surface area contributed by atoms with Gasteiger partial charge in [-0.25, -0.2) is 4.79 Å².